The van der Waals surface area contributed by atoms with Crippen LogP contribution in [0.2, 0.25) is 0 Å². The van der Waals surface area contributed by atoms with E-state index in [0.29, 0.717) is 0 Å². The van der Waals surface area contributed by atoms with E-state index in [1.165, 1.54) is 23.5 Å². The molecule has 17 heavy (non-hydrogen) atoms. The first-order chi connectivity index (χ1) is 7.99. The van der Waals surface area contributed by atoms with Gasteiger partial charge in [0, 0.05) is 4.88 Å². The maximum Gasteiger partial charge on any atom is 0.169 e. The van der Waals surface area contributed by atoms with Crippen LogP contribution in [0.1, 0.15) is 27.7 Å². The van der Waals surface area contributed by atoms with Crippen molar-refractivity contribution in [3.63, 3.8) is 0 Å². The molecular weight excluding hydrogens is 235 g/mol. The van der Waals surface area contributed by atoms with Crippen LogP contribution in [0.15, 0.2) is 24.3 Å². The van der Waals surface area contributed by atoms with Crippen molar-refractivity contribution >= 4 is 17.1 Å². The molecule has 0 amide bonds. The maximum absolute atomic E-state index is 13.0. The molecule has 1 aromatic carbocycles. The number of carbonyl (C=O) groups is 1. The summed E-state index contributed by atoms with van der Waals surface area (Å²) in [7, 11) is 0. The molecule has 0 aliphatic carbocycles. The number of rotatable bonds is 2. The minimum Gasteiger partial charge on any atom is -0.294 e. The summed E-state index contributed by atoms with van der Waals surface area (Å²) in [5.41, 5.74) is 2.96. The molecule has 0 aliphatic heterocycles. The second kappa shape index (κ2) is 4.41. The number of ketones is 1. The molecular formula is C14H13FOS. The molecule has 0 saturated carbocycles. The van der Waals surface area contributed by atoms with E-state index in [9.17, 15) is 9.18 Å². The van der Waals surface area contributed by atoms with Gasteiger partial charge < -0.3 is 0 Å². The van der Waals surface area contributed by atoms with Crippen molar-refractivity contribution in [2.75, 3.05) is 0 Å². The van der Waals surface area contributed by atoms with Crippen LogP contribution in [0.3, 0.4) is 0 Å². The van der Waals surface area contributed by atoms with Gasteiger partial charge in [-0.2, -0.15) is 0 Å². The topological polar surface area (TPSA) is 17.1 Å². The van der Waals surface area contributed by atoms with Gasteiger partial charge in [-0.3, -0.25) is 4.79 Å². The normalized spacial score (nSPS) is 10.6. The van der Waals surface area contributed by atoms with Gasteiger partial charge in [0.05, 0.1) is 4.88 Å². The highest BCUT2D eigenvalue weighted by Crippen LogP contribution is 2.34. The van der Waals surface area contributed by atoms with Gasteiger partial charge in [0.2, 0.25) is 0 Å². The second-order valence-corrected chi connectivity index (χ2v) is 5.19. The highest BCUT2D eigenvalue weighted by Gasteiger charge is 2.12. The molecule has 0 atom stereocenters. The van der Waals surface area contributed by atoms with E-state index in [0.717, 1.165) is 26.4 Å². The Morgan fingerprint density at radius 1 is 1.18 bits per heavy atom. The second-order valence-electron chi connectivity index (χ2n) is 4.14. The van der Waals surface area contributed by atoms with E-state index in [4.69, 9.17) is 0 Å². The molecule has 0 bridgehead atoms. The van der Waals surface area contributed by atoms with Gasteiger partial charge in [-0.1, -0.05) is 6.07 Å². The van der Waals surface area contributed by atoms with Crippen LogP contribution in [0, 0.1) is 19.7 Å². The first-order valence-corrected chi connectivity index (χ1v) is 6.18. The molecule has 0 aliphatic rings. The molecule has 2 aromatic rings. The van der Waals surface area contributed by atoms with Gasteiger partial charge >= 0.3 is 0 Å². The van der Waals surface area contributed by atoms with Crippen molar-refractivity contribution in [1.82, 2.24) is 0 Å². The Morgan fingerprint density at radius 3 is 2.41 bits per heavy atom. The summed E-state index contributed by atoms with van der Waals surface area (Å²) in [5, 5.41) is 0. The molecule has 3 heteroatoms. The van der Waals surface area contributed by atoms with Crippen molar-refractivity contribution < 1.29 is 9.18 Å². The average Bonchev–Trinajstić information content (AvgIpc) is 2.61. The molecule has 0 N–H and O–H groups in total. The molecule has 2 rings (SSSR count). The van der Waals surface area contributed by atoms with Gasteiger partial charge in [0.25, 0.3) is 0 Å². The molecule has 0 radical (unpaired) electrons. The standard InChI is InChI=1S/C14H13FOS/c1-8-6-11(15)4-5-12(8)14-9(2)7-13(17-14)10(3)16/h4-7H,1-3H3. The van der Waals surface area contributed by atoms with Crippen LogP contribution >= 0.6 is 11.3 Å². The molecule has 0 saturated heterocycles. The lowest BCUT2D eigenvalue weighted by atomic mass is 10.0. The van der Waals surface area contributed by atoms with Crippen LogP contribution in [-0.4, -0.2) is 5.78 Å². The molecule has 0 spiro atoms. The number of thiophene rings is 1. The summed E-state index contributed by atoms with van der Waals surface area (Å²) in [6.45, 7) is 5.42. The van der Waals surface area contributed by atoms with Gasteiger partial charge in [0.1, 0.15) is 5.82 Å². The number of halogens is 1. The van der Waals surface area contributed by atoms with Crippen molar-refractivity contribution in [1.29, 1.82) is 0 Å². The monoisotopic (exact) mass is 248 g/mol. The first kappa shape index (κ1) is 12.0. The van der Waals surface area contributed by atoms with E-state index in [-0.39, 0.29) is 11.6 Å². The van der Waals surface area contributed by atoms with E-state index in [2.05, 4.69) is 0 Å². The molecule has 88 valence electrons. The highest BCUT2D eigenvalue weighted by atomic mass is 32.1. The van der Waals surface area contributed by atoms with Gasteiger partial charge in [0.15, 0.2) is 5.78 Å². The fourth-order valence-electron chi connectivity index (χ4n) is 1.80. The molecule has 1 heterocycles. The summed E-state index contributed by atoms with van der Waals surface area (Å²) in [6, 6.07) is 6.63. The van der Waals surface area contributed by atoms with Gasteiger partial charge in [-0.15, -0.1) is 11.3 Å². The quantitative estimate of drug-likeness (QED) is 0.721. The average molecular weight is 248 g/mol. The van der Waals surface area contributed by atoms with E-state index >= 15 is 0 Å². The van der Waals surface area contributed by atoms with Crippen LogP contribution < -0.4 is 0 Å². The Hall–Kier alpha value is -1.48. The predicted octanol–water partition coefficient (Wildman–Crippen LogP) is 4.37. The molecule has 0 fully saturated rings. The number of hydrogen-bond acceptors (Lipinski definition) is 2. The van der Waals surface area contributed by atoms with Gasteiger partial charge in [-0.05, 0) is 55.7 Å². The number of benzene rings is 1. The summed E-state index contributed by atoms with van der Waals surface area (Å²) in [5.74, 6) is -0.156. The predicted molar refractivity (Wildman–Crippen MR) is 69.2 cm³/mol. The Kier molecular flexibility index (Phi) is 3.11. The summed E-state index contributed by atoms with van der Waals surface area (Å²) < 4.78 is 13.0. The lowest BCUT2D eigenvalue weighted by Crippen LogP contribution is -1.84. The van der Waals surface area contributed by atoms with Crippen molar-refractivity contribution in [3.8, 4) is 10.4 Å². The number of carbonyl (C=O) groups excluding carboxylic acids is 1. The lowest BCUT2D eigenvalue weighted by molar-refractivity contribution is 0.102. The van der Waals surface area contributed by atoms with Crippen LogP contribution in [-0.2, 0) is 0 Å². The van der Waals surface area contributed by atoms with Crippen molar-refractivity contribution in [3.05, 3.63) is 46.1 Å². The fourth-order valence-corrected chi connectivity index (χ4v) is 2.96. The molecule has 1 aromatic heterocycles. The Balaban J connectivity index is 2.56. The number of hydrogen-bond donors (Lipinski definition) is 0. The summed E-state index contributed by atoms with van der Waals surface area (Å²) in [4.78, 5) is 13.1. The Labute approximate surface area is 104 Å². The molecule has 0 unspecified atom stereocenters. The van der Waals surface area contributed by atoms with Gasteiger partial charge in [-0.25, -0.2) is 4.39 Å². The first-order valence-electron chi connectivity index (χ1n) is 5.37. The zero-order valence-corrected chi connectivity index (χ0v) is 10.8. The van der Waals surface area contributed by atoms with Crippen LogP contribution in [0.25, 0.3) is 10.4 Å². The minimum absolute atomic E-state index is 0.0733. The Bertz CT molecular complexity index is 584. The van der Waals surface area contributed by atoms with E-state index < -0.39 is 0 Å². The van der Waals surface area contributed by atoms with E-state index in [1.807, 2.05) is 19.9 Å². The fraction of sp³-hybridized carbons (Fsp3) is 0.214. The summed E-state index contributed by atoms with van der Waals surface area (Å²) in [6.07, 6.45) is 0. The summed E-state index contributed by atoms with van der Waals surface area (Å²) >= 11 is 1.47. The largest absolute Gasteiger partial charge is 0.294 e. The third-order valence-corrected chi connectivity index (χ3v) is 4.07. The third-order valence-electron chi connectivity index (χ3n) is 2.70. The smallest absolute Gasteiger partial charge is 0.169 e. The number of Topliss-reactive ketones (excluding diaryl/α,β-unsaturated/α-hetero) is 1. The molecule has 1 nitrogen and oxygen atoms in total. The highest BCUT2D eigenvalue weighted by molar-refractivity contribution is 7.17. The van der Waals surface area contributed by atoms with E-state index in [1.54, 1.807) is 13.0 Å². The van der Waals surface area contributed by atoms with Crippen molar-refractivity contribution in [2.45, 2.75) is 20.8 Å². The number of aryl methyl sites for hydroxylation is 2. The third kappa shape index (κ3) is 2.29. The zero-order valence-electron chi connectivity index (χ0n) is 10.0. The Morgan fingerprint density at radius 2 is 1.88 bits per heavy atom. The van der Waals surface area contributed by atoms with Crippen LogP contribution in [0.4, 0.5) is 4.39 Å². The van der Waals surface area contributed by atoms with Crippen molar-refractivity contribution in [2.24, 2.45) is 0 Å². The minimum atomic E-state index is -0.229. The lowest BCUT2D eigenvalue weighted by Gasteiger charge is -2.04. The van der Waals surface area contributed by atoms with Crippen LogP contribution in [0.5, 0.6) is 0 Å². The SMILES string of the molecule is CC(=O)c1cc(C)c(-c2ccc(F)cc2C)s1. The maximum atomic E-state index is 13.0. The zero-order chi connectivity index (χ0) is 12.6.